The molecule has 0 saturated carbocycles. The van der Waals surface area contributed by atoms with Crippen molar-refractivity contribution in [3.63, 3.8) is 0 Å². The molecule has 0 aliphatic heterocycles. The quantitative estimate of drug-likeness (QED) is 0.391. The third-order valence-corrected chi connectivity index (χ3v) is 2.39. The van der Waals surface area contributed by atoms with Crippen molar-refractivity contribution in [1.82, 2.24) is 0 Å². The molecule has 0 fully saturated rings. The maximum atomic E-state index is 5.10. The maximum Gasteiger partial charge on any atom is 0.0524 e. The largest absolute Gasteiger partial charge is 0.384 e. The van der Waals surface area contributed by atoms with Gasteiger partial charge < -0.3 is 4.74 Å². The topological polar surface area (TPSA) is 9.23 Å². The first-order chi connectivity index (χ1) is 6.35. The molecule has 1 heteroatoms. The molecule has 0 rings (SSSR count). The van der Waals surface area contributed by atoms with Gasteiger partial charge in [-0.3, -0.25) is 0 Å². The minimum Gasteiger partial charge on any atom is -0.384 e. The SMILES string of the molecule is C=CC(CCCCCCC)COC. The van der Waals surface area contributed by atoms with Crippen LogP contribution in [-0.4, -0.2) is 13.7 Å². The molecule has 0 aromatic heterocycles. The van der Waals surface area contributed by atoms with Gasteiger partial charge in [-0.15, -0.1) is 6.58 Å². The van der Waals surface area contributed by atoms with E-state index in [0.717, 1.165) is 6.61 Å². The van der Waals surface area contributed by atoms with Crippen molar-refractivity contribution in [2.45, 2.75) is 45.4 Å². The highest BCUT2D eigenvalue weighted by Crippen LogP contribution is 2.12. The lowest BCUT2D eigenvalue weighted by atomic mass is 10.0. The normalized spacial score (nSPS) is 12.8. The molecule has 0 aromatic rings. The molecule has 1 unspecified atom stereocenters. The summed E-state index contributed by atoms with van der Waals surface area (Å²) in [5.41, 5.74) is 0. The lowest BCUT2D eigenvalue weighted by Crippen LogP contribution is -2.04. The monoisotopic (exact) mass is 184 g/mol. The van der Waals surface area contributed by atoms with Crippen LogP contribution in [0.5, 0.6) is 0 Å². The van der Waals surface area contributed by atoms with Gasteiger partial charge in [0, 0.05) is 7.11 Å². The average molecular weight is 184 g/mol. The van der Waals surface area contributed by atoms with E-state index in [0.29, 0.717) is 5.92 Å². The molecule has 0 saturated heterocycles. The minimum absolute atomic E-state index is 0.562. The first-order valence-corrected chi connectivity index (χ1v) is 5.46. The zero-order valence-corrected chi connectivity index (χ0v) is 9.22. The minimum atomic E-state index is 0.562. The predicted octanol–water partition coefficient (Wildman–Crippen LogP) is 3.80. The summed E-state index contributed by atoms with van der Waals surface area (Å²) in [5, 5.41) is 0. The Morgan fingerprint density at radius 3 is 2.46 bits per heavy atom. The van der Waals surface area contributed by atoms with Gasteiger partial charge in [-0.2, -0.15) is 0 Å². The van der Waals surface area contributed by atoms with Gasteiger partial charge in [0.2, 0.25) is 0 Å². The third kappa shape index (κ3) is 8.04. The van der Waals surface area contributed by atoms with E-state index in [4.69, 9.17) is 4.74 Å². The van der Waals surface area contributed by atoms with E-state index in [1.54, 1.807) is 7.11 Å². The van der Waals surface area contributed by atoms with E-state index in [1.807, 2.05) is 6.08 Å². The predicted molar refractivity (Wildman–Crippen MR) is 58.9 cm³/mol. The van der Waals surface area contributed by atoms with E-state index in [-0.39, 0.29) is 0 Å². The smallest absolute Gasteiger partial charge is 0.0524 e. The van der Waals surface area contributed by atoms with E-state index >= 15 is 0 Å². The molecule has 1 nitrogen and oxygen atoms in total. The summed E-state index contributed by atoms with van der Waals surface area (Å²) in [6.07, 6.45) is 10.0. The number of hydrogen-bond donors (Lipinski definition) is 0. The van der Waals surface area contributed by atoms with Crippen LogP contribution in [0, 0.1) is 5.92 Å². The Morgan fingerprint density at radius 2 is 1.92 bits per heavy atom. The summed E-state index contributed by atoms with van der Waals surface area (Å²) in [7, 11) is 1.76. The summed E-state index contributed by atoms with van der Waals surface area (Å²) >= 11 is 0. The van der Waals surface area contributed by atoms with E-state index < -0.39 is 0 Å². The Kier molecular flexibility index (Phi) is 9.56. The van der Waals surface area contributed by atoms with Crippen LogP contribution < -0.4 is 0 Å². The number of ether oxygens (including phenoxy) is 1. The Hall–Kier alpha value is -0.300. The number of hydrogen-bond acceptors (Lipinski definition) is 1. The highest BCUT2D eigenvalue weighted by atomic mass is 16.5. The second-order valence-electron chi connectivity index (χ2n) is 3.65. The molecule has 0 aliphatic rings. The Morgan fingerprint density at radius 1 is 1.23 bits per heavy atom. The first-order valence-electron chi connectivity index (χ1n) is 5.46. The molecule has 0 bridgehead atoms. The van der Waals surface area contributed by atoms with Crippen molar-refractivity contribution in [1.29, 1.82) is 0 Å². The van der Waals surface area contributed by atoms with Crippen LogP contribution in [0.4, 0.5) is 0 Å². The fourth-order valence-electron chi connectivity index (χ4n) is 1.49. The van der Waals surface area contributed by atoms with Crippen LogP contribution in [0.15, 0.2) is 12.7 Å². The van der Waals surface area contributed by atoms with Crippen LogP contribution in [-0.2, 0) is 4.74 Å². The Labute approximate surface area is 83.2 Å². The lowest BCUT2D eigenvalue weighted by Gasteiger charge is -2.10. The van der Waals surface area contributed by atoms with Gasteiger partial charge in [0.25, 0.3) is 0 Å². The fraction of sp³-hybridized carbons (Fsp3) is 0.833. The van der Waals surface area contributed by atoms with Crippen LogP contribution >= 0.6 is 0 Å². The van der Waals surface area contributed by atoms with Gasteiger partial charge in [-0.25, -0.2) is 0 Å². The Bertz CT molecular complexity index is 110. The van der Waals surface area contributed by atoms with Gasteiger partial charge in [-0.1, -0.05) is 45.1 Å². The summed E-state index contributed by atoms with van der Waals surface area (Å²) in [6.45, 7) is 6.89. The standard InChI is InChI=1S/C12H24O/c1-4-6-7-8-9-10-12(5-2)11-13-3/h5,12H,2,4,6-11H2,1,3H3. The van der Waals surface area contributed by atoms with E-state index in [9.17, 15) is 0 Å². The Balaban J connectivity index is 3.22. The van der Waals surface area contributed by atoms with E-state index in [1.165, 1.54) is 38.5 Å². The van der Waals surface area contributed by atoms with Crippen LogP contribution in [0.3, 0.4) is 0 Å². The molecule has 13 heavy (non-hydrogen) atoms. The molecular formula is C12H24O. The molecule has 0 radical (unpaired) electrons. The van der Waals surface area contributed by atoms with Crippen molar-refractivity contribution >= 4 is 0 Å². The molecule has 0 spiro atoms. The summed E-state index contributed by atoms with van der Waals surface area (Å²) in [4.78, 5) is 0. The van der Waals surface area contributed by atoms with E-state index in [2.05, 4.69) is 13.5 Å². The summed E-state index contributed by atoms with van der Waals surface area (Å²) in [5.74, 6) is 0.562. The first kappa shape index (κ1) is 12.7. The van der Waals surface area contributed by atoms with Crippen molar-refractivity contribution in [3.8, 4) is 0 Å². The van der Waals surface area contributed by atoms with Crippen LogP contribution in [0.1, 0.15) is 45.4 Å². The maximum absolute atomic E-state index is 5.10. The highest BCUT2D eigenvalue weighted by Gasteiger charge is 2.02. The summed E-state index contributed by atoms with van der Waals surface area (Å²) in [6, 6.07) is 0. The van der Waals surface area contributed by atoms with Crippen molar-refractivity contribution in [2.24, 2.45) is 5.92 Å². The van der Waals surface area contributed by atoms with Crippen molar-refractivity contribution < 1.29 is 4.74 Å². The van der Waals surface area contributed by atoms with Gasteiger partial charge in [0.15, 0.2) is 0 Å². The summed E-state index contributed by atoms with van der Waals surface area (Å²) < 4.78 is 5.10. The van der Waals surface area contributed by atoms with Crippen molar-refractivity contribution in [3.05, 3.63) is 12.7 Å². The molecular weight excluding hydrogens is 160 g/mol. The van der Waals surface area contributed by atoms with Gasteiger partial charge in [-0.05, 0) is 12.3 Å². The molecule has 0 amide bonds. The molecule has 0 heterocycles. The van der Waals surface area contributed by atoms with Crippen LogP contribution in [0.25, 0.3) is 0 Å². The molecule has 1 atom stereocenters. The van der Waals surface area contributed by atoms with Crippen LogP contribution in [0.2, 0.25) is 0 Å². The number of unbranched alkanes of at least 4 members (excludes halogenated alkanes) is 4. The molecule has 0 N–H and O–H groups in total. The zero-order chi connectivity index (χ0) is 9.94. The van der Waals surface area contributed by atoms with Crippen molar-refractivity contribution in [2.75, 3.05) is 13.7 Å². The second-order valence-corrected chi connectivity index (χ2v) is 3.65. The molecule has 78 valence electrons. The highest BCUT2D eigenvalue weighted by molar-refractivity contribution is 4.78. The zero-order valence-electron chi connectivity index (χ0n) is 9.22. The fourth-order valence-corrected chi connectivity index (χ4v) is 1.49. The van der Waals surface area contributed by atoms with Gasteiger partial charge >= 0.3 is 0 Å². The number of methoxy groups -OCH3 is 1. The second kappa shape index (κ2) is 9.79. The molecule has 0 aliphatic carbocycles. The molecule has 0 aromatic carbocycles. The number of rotatable bonds is 9. The third-order valence-electron chi connectivity index (χ3n) is 2.39. The van der Waals surface area contributed by atoms with Gasteiger partial charge in [0.1, 0.15) is 0 Å². The average Bonchev–Trinajstić information content (AvgIpc) is 2.16. The van der Waals surface area contributed by atoms with Gasteiger partial charge in [0.05, 0.1) is 6.61 Å². The lowest BCUT2D eigenvalue weighted by molar-refractivity contribution is 0.165.